The molecule has 0 atom stereocenters. The molecular formula is C16H16FN3O. The van der Waals surface area contributed by atoms with E-state index in [2.05, 4.69) is 4.98 Å². The molecule has 1 saturated carbocycles. The molecule has 0 unspecified atom stereocenters. The molecule has 1 amide bonds. The van der Waals surface area contributed by atoms with Crippen LogP contribution in [-0.4, -0.2) is 21.8 Å². The van der Waals surface area contributed by atoms with Gasteiger partial charge in [-0.2, -0.15) is 0 Å². The van der Waals surface area contributed by atoms with Gasteiger partial charge in [-0.1, -0.05) is 0 Å². The SMILES string of the molecule is Nc1cc(F)cc(C(=O)N(Cc2ccncc2)C2CC2)c1. The molecule has 0 radical (unpaired) electrons. The average molecular weight is 285 g/mol. The van der Waals surface area contributed by atoms with Gasteiger partial charge in [0.25, 0.3) is 5.91 Å². The second-order valence-electron chi connectivity index (χ2n) is 5.29. The van der Waals surface area contributed by atoms with E-state index in [4.69, 9.17) is 5.73 Å². The second-order valence-corrected chi connectivity index (χ2v) is 5.29. The quantitative estimate of drug-likeness (QED) is 0.878. The van der Waals surface area contributed by atoms with E-state index >= 15 is 0 Å². The first-order valence-corrected chi connectivity index (χ1v) is 6.89. The fourth-order valence-electron chi connectivity index (χ4n) is 2.34. The van der Waals surface area contributed by atoms with Crippen LogP contribution in [0.4, 0.5) is 10.1 Å². The maximum atomic E-state index is 13.4. The van der Waals surface area contributed by atoms with Crippen molar-refractivity contribution in [3.8, 4) is 0 Å². The largest absolute Gasteiger partial charge is 0.399 e. The number of pyridine rings is 1. The van der Waals surface area contributed by atoms with Crippen LogP contribution in [0.3, 0.4) is 0 Å². The number of nitrogens with two attached hydrogens (primary N) is 1. The monoisotopic (exact) mass is 285 g/mol. The van der Waals surface area contributed by atoms with E-state index in [1.54, 1.807) is 17.3 Å². The highest BCUT2D eigenvalue weighted by Crippen LogP contribution is 2.30. The highest BCUT2D eigenvalue weighted by atomic mass is 19.1. The summed E-state index contributed by atoms with van der Waals surface area (Å²) >= 11 is 0. The van der Waals surface area contributed by atoms with Crippen LogP contribution < -0.4 is 5.73 Å². The van der Waals surface area contributed by atoms with Crippen molar-refractivity contribution in [3.05, 3.63) is 59.7 Å². The van der Waals surface area contributed by atoms with E-state index in [9.17, 15) is 9.18 Å². The first-order valence-electron chi connectivity index (χ1n) is 6.89. The van der Waals surface area contributed by atoms with Gasteiger partial charge < -0.3 is 10.6 Å². The third kappa shape index (κ3) is 3.18. The number of nitrogen functional groups attached to an aromatic ring is 1. The van der Waals surface area contributed by atoms with E-state index in [1.807, 2.05) is 12.1 Å². The normalized spacial score (nSPS) is 14.0. The average Bonchev–Trinajstić information content (AvgIpc) is 3.29. The molecule has 1 aliphatic rings. The number of halogens is 1. The molecule has 1 aromatic heterocycles. The Morgan fingerprint density at radius 1 is 1.29 bits per heavy atom. The highest BCUT2D eigenvalue weighted by molar-refractivity contribution is 5.95. The van der Waals surface area contributed by atoms with E-state index in [-0.39, 0.29) is 17.6 Å². The Hall–Kier alpha value is -2.43. The van der Waals surface area contributed by atoms with Crippen LogP contribution in [-0.2, 0) is 6.54 Å². The summed E-state index contributed by atoms with van der Waals surface area (Å²) in [5, 5.41) is 0. The molecule has 5 heteroatoms. The van der Waals surface area contributed by atoms with Gasteiger partial charge in [0.2, 0.25) is 0 Å². The summed E-state index contributed by atoms with van der Waals surface area (Å²) in [4.78, 5) is 18.4. The number of anilines is 1. The Morgan fingerprint density at radius 3 is 2.62 bits per heavy atom. The molecule has 2 N–H and O–H groups in total. The number of carbonyl (C=O) groups excluding carboxylic acids is 1. The van der Waals surface area contributed by atoms with E-state index in [0.717, 1.165) is 18.4 Å². The van der Waals surface area contributed by atoms with Crippen molar-refractivity contribution < 1.29 is 9.18 Å². The molecule has 0 aliphatic heterocycles. The maximum absolute atomic E-state index is 13.4. The fraction of sp³-hybridized carbons (Fsp3) is 0.250. The molecule has 1 heterocycles. The van der Waals surface area contributed by atoms with Crippen LogP contribution in [0.1, 0.15) is 28.8 Å². The zero-order chi connectivity index (χ0) is 14.8. The Labute approximate surface area is 122 Å². The van der Waals surface area contributed by atoms with Crippen LogP contribution >= 0.6 is 0 Å². The summed E-state index contributed by atoms with van der Waals surface area (Å²) in [5.74, 6) is -0.668. The molecule has 1 aromatic carbocycles. The molecule has 4 nitrogen and oxygen atoms in total. The van der Waals surface area contributed by atoms with Gasteiger partial charge in [-0.25, -0.2) is 4.39 Å². The van der Waals surface area contributed by atoms with Crippen LogP contribution in [0, 0.1) is 5.82 Å². The van der Waals surface area contributed by atoms with Crippen LogP contribution in [0.2, 0.25) is 0 Å². The number of rotatable bonds is 4. The summed E-state index contributed by atoms with van der Waals surface area (Å²) in [6.07, 6.45) is 5.37. The zero-order valence-corrected chi connectivity index (χ0v) is 11.5. The molecular weight excluding hydrogens is 269 g/mol. The van der Waals surface area contributed by atoms with E-state index in [0.29, 0.717) is 12.1 Å². The fourth-order valence-corrected chi connectivity index (χ4v) is 2.34. The standard InChI is InChI=1S/C16H16FN3O/c17-13-7-12(8-14(18)9-13)16(21)20(15-1-2-15)10-11-3-5-19-6-4-11/h3-9,15H,1-2,10,18H2. The van der Waals surface area contributed by atoms with Crippen molar-refractivity contribution in [2.45, 2.75) is 25.4 Å². The third-order valence-corrected chi connectivity index (χ3v) is 3.52. The minimum absolute atomic E-state index is 0.180. The van der Waals surface area contributed by atoms with Gasteiger partial charge in [0.15, 0.2) is 0 Å². The summed E-state index contributed by atoms with van der Waals surface area (Å²) in [6.45, 7) is 0.502. The highest BCUT2D eigenvalue weighted by Gasteiger charge is 2.33. The second kappa shape index (κ2) is 5.52. The Kier molecular flexibility index (Phi) is 3.56. The minimum Gasteiger partial charge on any atom is -0.399 e. The van der Waals surface area contributed by atoms with Crippen molar-refractivity contribution in [1.29, 1.82) is 0 Å². The summed E-state index contributed by atoms with van der Waals surface area (Å²) in [5.41, 5.74) is 7.19. The molecule has 3 rings (SSSR count). The number of hydrogen-bond acceptors (Lipinski definition) is 3. The molecule has 0 spiro atoms. The number of amides is 1. The van der Waals surface area contributed by atoms with E-state index < -0.39 is 5.82 Å². The van der Waals surface area contributed by atoms with Gasteiger partial charge in [-0.15, -0.1) is 0 Å². The number of hydrogen-bond donors (Lipinski definition) is 1. The molecule has 0 bridgehead atoms. The number of carbonyl (C=O) groups is 1. The first kappa shape index (κ1) is 13.5. The lowest BCUT2D eigenvalue weighted by Crippen LogP contribution is -2.32. The molecule has 0 saturated heterocycles. The predicted molar refractivity (Wildman–Crippen MR) is 77.9 cm³/mol. The molecule has 21 heavy (non-hydrogen) atoms. The van der Waals surface area contributed by atoms with Gasteiger partial charge in [0, 0.05) is 36.2 Å². The van der Waals surface area contributed by atoms with Crippen molar-refractivity contribution in [1.82, 2.24) is 9.88 Å². The van der Waals surface area contributed by atoms with Crippen LogP contribution in [0.15, 0.2) is 42.7 Å². The topological polar surface area (TPSA) is 59.2 Å². The van der Waals surface area contributed by atoms with Gasteiger partial charge >= 0.3 is 0 Å². The first-order chi connectivity index (χ1) is 10.1. The van der Waals surface area contributed by atoms with Gasteiger partial charge in [0.05, 0.1) is 0 Å². The maximum Gasteiger partial charge on any atom is 0.254 e. The lowest BCUT2D eigenvalue weighted by Gasteiger charge is -2.22. The summed E-state index contributed by atoms with van der Waals surface area (Å²) < 4.78 is 13.4. The Balaban J connectivity index is 1.85. The number of aromatic nitrogens is 1. The molecule has 108 valence electrons. The third-order valence-electron chi connectivity index (χ3n) is 3.52. The number of nitrogens with zero attached hydrogens (tertiary/aromatic N) is 2. The van der Waals surface area contributed by atoms with Gasteiger partial charge in [0.1, 0.15) is 5.82 Å². The predicted octanol–water partition coefficient (Wildman–Crippen LogP) is 2.61. The van der Waals surface area contributed by atoms with Crippen molar-refractivity contribution in [2.75, 3.05) is 5.73 Å². The Morgan fingerprint density at radius 2 is 2.00 bits per heavy atom. The van der Waals surface area contributed by atoms with Crippen molar-refractivity contribution in [3.63, 3.8) is 0 Å². The number of benzene rings is 1. The van der Waals surface area contributed by atoms with Crippen LogP contribution in [0.5, 0.6) is 0 Å². The molecule has 1 aliphatic carbocycles. The lowest BCUT2D eigenvalue weighted by molar-refractivity contribution is 0.0729. The van der Waals surface area contributed by atoms with Crippen LogP contribution in [0.25, 0.3) is 0 Å². The minimum atomic E-state index is -0.488. The zero-order valence-electron chi connectivity index (χ0n) is 11.5. The van der Waals surface area contributed by atoms with Crippen molar-refractivity contribution >= 4 is 11.6 Å². The smallest absolute Gasteiger partial charge is 0.254 e. The van der Waals surface area contributed by atoms with Gasteiger partial charge in [-0.05, 0) is 48.7 Å². The van der Waals surface area contributed by atoms with E-state index in [1.165, 1.54) is 18.2 Å². The summed E-state index contributed by atoms with van der Waals surface area (Å²) in [7, 11) is 0. The Bertz CT molecular complexity index is 636. The van der Waals surface area contributed by atoms with Crippen molar-refractivity contribution in [2.24, 2.45) is 0 Å². The molecule has 1 fully saturated rings. The summed E-state index contributed by atoms with van der Waals surface area (Å²) in [6, 6.07) is 7.95. The lowest BCUT2D eigenvalue weighted by atomic mass is 10.1. The molecule has 2 aromatic rings. The van der Waals surface area contributed by atoms with Gasteiger partial charge in [-0.3, -0.25) is 9.78 Å².